The maximum absolute atomic E-state index is 13.2. The van der Waals surface area contributed by atoms with Crippen LogP contribution in [0.15, 0.2) is 49.1 Å². The van der Waals surface area contributed by atoms with Crippen molar-refractivity contribution in [1.29, 1.82) is 0 Å². The number of hydrogen-bond acceptors (Lipinski definition) is 8. The summed E-state index contributed by atoms with van der Waals surface area (Å²) in [4.78, 5) is 68.2. The SMILES string of the molecule is O=P(O)(O)C1(Cc2cccnc2)OP(=O)(O)C(Cc2cccnc2)(P(=O)(O)O)OP1(=O)O.[Na+].[Na+]. The molecule has 3 rings (SSSR count). The fourth-order valence-electron chi connectivity index (χ4n) is 3.09. The Labute approximate surface area is 237 Å². The second kappa shape index (κ2) is 11.3. The van der Waals surface area contributed by atoms with Crippen molar-refractivity contribution in [2.24, 2.45) is 0 Å². The summed E-state index contributed by atoms with van der Waals surface area (Å²) in [7, 11) is -23.6. The zero-order chi connectivity index (χ0) is 24.1. The van der Waals surface area contributed by atoms with E-state index in [2.05, 4.69) is 9.97 Å². The summed E-state index contributed by atoms with van der Waals surface area (Å²) in [6.07, 6.45) is 2.40. The Morgan fingerprint density at radius 3 is 1.32 bits per heavy atom. The van der Waals surface area contributed by atoms with Crippen LogP contribution in [0.4, 0.5) is 0 Å². The number of aromatic nitrogens is 2. The van der Waals surface area contributed by atoms with Crippen LogP contribution >= 0.6 is 30.4 Å². The fraction of sp³-hybridized carbons (Fsp3) is 0.286. The van der Waals surface area contributed by atoms with E-state index in [-0.39, 0.29) is 70.2 Å². The van der Waals surface area contributed by atoms with Crippen molar-refractivity contribution in [3.8, 4) is 0 Å². The molecule has 0 amide bonds. The van der Waals surface area contributed by atoms with Crippen LogP contribution in [0.1, 0.15) is 11.1 Å². The van der Waals surface area contributed by atoms with E-state index in [4.69, 9.17) is 9.05 Å². The van der Waals surface area contributed by atoms with E-state index in [9.17, 15) is 47.6 Å². The van der Waals surface area contributed by atoms with E-state index in [0.717, 1.165) is 12.4 Å². The Morgan fingerprint density at radius 1 is 0.765 bits per heavy atom. The first kappa shape index (κ1) is 32.9. The molecule has 1 aliphatic rings. The predicted octanol–water partition coefficient (Wildman–Crippen LogP) is -4.65. The quantitative estimate of drug-likeness (QED) is 0.140. The normalized spacial score (nSPS) is 31.7. The molecule has 6 N–H and O–H groups in total. The molecule has 0 radical (unpaired) electrons. The van der Waals surface area contributed by atoms with Gasteiger partial charge in [-0.05, 0) is 23.3 Å². The Balaban J connectivity index is 0.00000289. The largest absolute Gasteiger partial charge is 1.00 e. The maximum atomic E-state index is 13.2. The van der Waals surface area contributed by atoms with Gasteiger partial charge in [-0.3, -0.25) is 37.3 Å². The van der Waals surface area contributed by atoms with E-state index in [1.54, 1.807) is 0 Å². The van der Waals surface area contributed by atoms with Gasteiger partial charge >= 0.3 is 89.5 Å². The smallest absolute Gasteiger partial charge is 0.322 e. The van der Waals surface area contributed by atoms with Gasteiger partial charge in [0.1, 0.15) is 0 Å². The standard InChI is InChI=1S/C14H18N2O12P4.2Na/c17-29(18,19)13(7-11-3-1-5-15-9-11)27-32(25,26)14(30(20,21)22,28-31(13,23)24)8-12-4-2-6-16-10-12;;/h1-6,9-10H,7-8H2,(H,23,24)(H,25,26)(H2,17,18,19)(H2,20,21,22);;/q;2*+1. The summed E-state index contributed by atoms with van der Waals surface area (Å²) in [5.74, 6) is 0. The van der Waals surface area contributed by atoms with Gasteiger partial charge in [0.05, 0.1) is 0 Å². The molecule has 0 saturated carbocycles. The first-order valence-electron chi connectivity index (χ1n) is 8.53. The summed E-state index contributed by atoms with van der Waals surface area (Å²) < 4.78 is 60.5. The molecule has 1 fully saturated rings. The Hall–Kier alpha value is 0.900. The summed E-state index contributed by atoms with van der Waals surface area (Å²) in [5, 5.41) is -7.28. The summed E-state index contributed by atoms with van der Waals surface area (Å²) in [6, 6.07) is 5.10. The van der Waals surface area contributed by atoms with Crippen LogP contribution in [0, 0.1) is 0 Å². The molecule has 0 bridgehead atoms. The third kappa shape index (κ3) is 5.97. The van der Waals surface area contributed by atoms with E-state index in [1.165, 1.54) is 36.7 Å². The minimum Gasteiger partial charge on any atom is -0.322 e. The van der Waals surface area contributed by atoms with Gasteiger partial charge in [-0.1, -0.05) is 12.1 Å². The zero-order valence-corrected chi connectivity index (χ0v) is 25.4. The molecule has 2 aromatic heterocycles. The molecule has 14 nitrogen and oxygen atoms in total. The summed E-state index contributed by atoms with van der Waals surface area (Å²) in [6.45, 7) is 0. The van der Waals surface area contributed by atoms with Crippen molar-refractivity contribution >= 4 is 30.4 Å². The fourth-order valence-corrected chi connectivity index (χ4v) is 11.7. The summed E-state index contributed by atoms with van der Waals surface area (Å²) >= 11 is 0. The van der Waals surface area contributed by atoms with Gasteiger partial charge in [0.25, 0.3) is 10.2 Å². The molecule has 0 spiro atoms. The van der Waals surface area contributed by atoms with Gasteiger partial charge in [0, 0.05) is 37.6 Å². The number of rotatable bonds is 6. The Morgan fingerprint density at radius 2 is 1.09 bits per heavy atom. The third-order valence-corrected chi connectivity index (χ3v) is 14.0. The van der Waals surface area contributed by atoms with Crippen molar-refractivity contribution in [3.63, 3.8) is 0 Å². The van der Waals surface area contributed by atoms with Gasteiger partial charge < -0.3 is 29.4 Å². The topological polar surface area (TPSA) is 234 Å². The average Bonchev–Trinajstić information content (AvgIpc) is 2.65. The van der Waals surface area contributed by atoms with Crippen LogP contribution in [0.5, 0.6) is 0 Å². The van der Waals surface area contributed by atoms with Crippen LogP contribution in [0.2, 0.25) is 0 Å². The molecule has 4 unspecified atom stereocenters. The number of hydrogen-bond donors (Lipinski definition) is 6. The van der Waals surface area contributed by atoms with Crippen molar-refractivity contribution in [2.75, 3.05) is 0 Å². The van der Waals surface area contributed by atoms with Crippen molar-refractivity contribution in [3.05, 3.63) is 60.2 Å². The van der Waals surface area contributed by atoms with Crippen LogP contribution in [0.3, 0.4) is 0 Å². The van der Waals surface area contributed by atoms with Crippen LogP contribution in [0.25, 0.3) is 0 Å². The van der Waals surface area contributed by atoms with Crippen molar-refractivity contribution in [2.45, 2.75) is 23.0 Å². The molecule has 34 heavy (non-hydrogen) atoms. The van der Waals surface area contributed by atoms with Gasteiger partial charge in [0.2, 0.25) is 0 Å². The van der Waals surface area contributed by atoms with E-state index in [0.29, 0.717) is 0 Å². The van der Waals surface area contributed by atoms with Gasteiger partial charge in [-0.2, -0.15) is 0 Å². The zero-order valence-electron chi connectivity index (χ0n) is 17.8. The third-order valence-electron chi connectivity index (χ3n) is 4.65. The molecular weight excluding hydrogens is 558 g/mol. The number of pyridine rings is 2. The van der Waals surface area contributed by atoms with Gasteiger partial charge in [-0.25, -0.2) is 0 Å². The first-order chi connectivity index (χ1) is 14.6. The molecule has 176 valence electrons. The molecule has 4 atom stereocenters. The van der Waals surface area contributed by atoms with Crippen LogP contribution in [-0.4, -0.2) is 49.5 Å². The second-order valence-corrected chi connectivity index (χ2v) is 15.1. The van der Waals surface area contributed by atoms with E-state index >= 15 is 0 Å². The molecule has 0 aliphatic carbocycles. The summed E-state index contributed by atoms with van der Waals surface area (Å²) in [5.41, 5.74) is -0.186. The monoisotopic (exact) mass is 576 g/mol. The molecule has 1 aliphatic heterocycles. The Kier molecular flexibility index (Phi) is 11.0. The average molecular weight is 576 g/mol. The molecular formula is C14H18N2Na2O12P4+2. The van der Waals surface area contributed by atoms with Crippen LogP contribution in [-0.2, 0) is 40.1 Å². The first-order valence-corrected chi connectivity index (χ1v) is 14.9. The molecule has 3 heterocycles. The predicted molar refractivity (Wildman–Crippen MR) is 107 cm³/mol. The molecule has 20 heteroatoms. The maximum Gasteiger partial charge on any atom is 1.00 e. The van der Waals surface area contributed by atoms with Gasteiger partial charge in [0.15, 0.2) is 0 Å². The minimum absolute atomic E-state index is 0. The van der Waals surface area contributed by atoms with E-state index < -0.39 is 53.4 Å². The number of nitrogens with zero attached hydrogens (tertiary/aromatic N) is 2. The Bertz CT molecular complexity index is 1100. The van der Waals surface area contributed by atoms with Crippen LogP contribution < -0.4 is 59.1 Å². The minimum atomic E-state index is -5.92. The van der Waals surface area contributed by atoms with Gasteiger partial charge in [-0.15, -0.1) is 0 Å². The molecule has 0 aromatic carbocycles. The second-order valence-electron chi connectivity index (χ2n) is 6.87. The molecule has 2 aromatic rings. The van der Waals surface area contributed by atoms with E-state index in [1.807, 2.05) is 0 Å². The van der Waals surface area contributed by atoms with Crippen molar-refractivity contribution < 1.29 is 116 Å². The van der Waals surface area contributed by atoms with Crippen molar-refractivity contribution in [1.82, 2.24) is 9.97 Å². The molecule has 1 saturated heterocycles.